The Labute approximate surface area is 146 Å². The van der Waals surface area contributed by atoms with E-state index in [1.807, 2.05) is 24.3 Å². The zero-order valence-corrected chi connectivity index (χ0v) is 15.4. The number of amides is 1. The van der Waals surface area contributed by atoms with Crippen LogP contribution < -0.4 is 0 Å². The third-order valence-electron chi connectivity index (χ3n) is 5.40. The second kappa shape index (κ2) is 4.97. The standard InChI is InChI=1S/C19H22ClNOS/c1-18(2)8-12-9-19(3,10-18)11-21(12)17(22)16-15(20)13-6-4-5-7-14(13)23-16/h4-7,12H,8-11H2,1-3H3/t12-,19-/m0/s1. The van der Waals surface area contributed by atoms with Crippen LogP contribution in [0.3, 0.4) is 0 Å². The van der Waals surface area contributed by atoms with Crippen LogP contribution in [0, 0.1) is 10.8 Å². The van der Waals surface area contributed by atoms with E-state index in [4.69, 9.17) is 11.6 Å². The first kappa shape index (κ1) is 15.5. The van der Waals surface area contributed by atoms with Gasteiger partial charge in [0.1, 0.15) is 4.88 Å². The topological polar surface area (TPSA) is 20.3 Å². The van der Waals surface area contributed by atoms with Crippen molar-refractivity contribution < 1.29 is 4.79 Å². The predicted octanol–water partition coefficient (Wildman–Crippen LogP) is 5.60. The highest BCUT2D eigenvalue weighted by Gasteiger charge is 2.51. The minimum atomic E-state index is 0.127. The Morgan fingerprint density at radius 2 is 2.00 bits per heavy atom. The largest absolute Gasteiger partial charge is 0.334 e. The smallest absolute Gasteiger partial charge is 0.265 e. The molecule has 2 aromatic rings. The molecule has 1 saturated carbocycles. The Morgan fingerprint density at radius 1 is 1.26 bits per heavy atom. The molecule has 2 heterocycles. The van der Waals surface area contributed by atoms with Crippen LogP contribution in [0.15, 0.2) is 24.3 Å². The van der Waals surface area contributed by atoms with Gasteiger partial charge in [-0.15, -0.1) is 11.3 Å². The van der Waals surface area contributed by atoms with Gasteiger partial charge in [0, 0.05) is 22.7 Å². The van der Waals surface area contributed by atoms with Gasteiger partial charge in [-0.1, -0.05) is 50.6 Å². The van der Waals surface area contributed by atoms with Gasteiger partial charge in [-0.2, -0.15) is 0 Å². The van der Waals surface area contributed by atoms with Gasteiger partial charge in [-0.05, 0) is 36.2 Å². The van der Waals surface area contributed by atoms with Crippen molar-refractivity contribution in [3.63, 3.8) is 0 Å². The molecule has 4 heteroatoms. The van der Waals surface area contributed by atoms with E-state index in [-0.39, 0.29) is 11.3 Å². The Kier molecular flexibility index (Phi) is 3.34. The number of carbonyl (C=O) groups is 1. The lowest BCUT2D eigenvalue weighted by atomic mass is 9.65. The number of thiophene rings is 1. The molecule has 2 atom stereocenters. The Balaban J connectivity index is 1.71. The Hall–Kier alpha value is -1.06. The molecule has 2 fully saturated rings. The average Bonchev–Trinajstić information content (AvgIpc) is 2.92. The number of benzene rings is 1. The van der Waals surface area contributed by atoms with E-state index in [0.29, 0.717) is 21.4 Å². The molecule has 0 N–H and O–H groups in total. The second-order valence-corrected chi connectivity index (χ2v) is 9.82. The van der Waals surface area contributed by atoms with E-state index < -0.39 is 0 Å². The molecular weight excluding hydrogens is 326 g/mol. The van der Waals surface area contributed by atoms with Gasteiger partial charge in [-0.25, -0.2) is 0 Å². The lowest BCUT2D eigenvalue weighted by molar-refractivity contribution is 0.0713. The summed E-state index contributed by atoms with van der Waals surface area (Å²) in [5, 5.41) is 1.62. The van der Waals surface area contributed by atoms with Crippen LogP contribution in [-0.4, -0.2) is 23.4 Å². The number of halogens is 1. The number of nitrogens with zero attached hydrogens (tertiary/aromatic N) is 1. The summed E-state index contributed by atoms with van der Waals surface area (Å²) < 4.78 is 1.09. The van der Waals surface area contributed by atoms with Gasteiger partial charge in [0.25, 0.3) is 5.91 Å². The molecule has 2 aliphatic rings. The minimum absolute atomic E-state index is 0.127. The first-order valence-electron chi connectivity index (χ1n) is 8.26. The first-order chi connectivity index (χ1) is 10.8. The molecule has 1 aromatic heterocycles. The number of hydrogen-bond donors (Lipinski definition) is 0. The zero-order valence-electron chi connectivity index (χ0n) is 13.9. The highest BCUT2D eigenvalue weighted by Crippen LogP contribution is 2.53. The molecule has 0 radical (unpaired) electrons. The van der Waals surface area contributed by atoms with Gasteiger partial charge in [-0.3, -0.25) is 4.79 Å². The van der Waals surface area contributed by atoms with Gasteiger partial charge >= 0.3 is 0 Å². The molecule has 1 amide bonds. The molecule has 1 aliphatic carbocycles. The van der Waals surface area contributed by atoms with Crippen molar-refractivity contribution in [2.75, 3.05) is 6.54 Å². The number of hydrogen-bond acceptors (Lipinski definition) is 2. The maximum absolute atomic E-state index is 13.2. The molecule has 23 heavy (non-hydrogen) atoms. The molecular formula is C19H22ClNOS. The monoisotopic (exact) mass is 347 g/mol. The van der Waals surface area contributed by atoms with Crippen LogP contribution in [-0.2, 0) is 0 Å². The summed E-state index contributed by atoms with van der Waals surface area (Å²) in [7, 11) is 0. The van der Waals surface area contributed by atoms with Crippen LogP contribution in [0.5, 0.6) is 0 Å². The fourth-order valence-electron chi connectivity index (χ4n) is 4.98. The summed E-state index contributed by atoms with van der Waals surface area (Å²) in [6.07, 6.45) is 3.42. The van der Waals surface area contributed by atoms with Crippen molar-refractivity contribution in [3.05, 3.63) is 34.2 Å². The number of likely N-dealkylation sites (tertiary alicyclic amines) is 1. The van der Waals surface area contributed by atoms with E-state index in [9.17, 15) is 4.79 Å². The van der Waals surface area contributed by atoms with E-state index in [1.165, 1.54) is 17.8 Å². The number of rotatable bonds is 1. The summed E-state index contributed by atoms with van der Waals surface area (Å²) in [5.41, 5.74) is 0.571. The van der Waals surface area contributed by atoms with Gasteiger partial charge in [0.05, 0.1) is 5.02 Å². The molecule has 122 valence electrons. The fraction of sp³-hybridized carbons (Fsp3) is 0.526. The van der Waals surface area contributed by atoms with Gasteiger partial charge < -0.3 is 4.90 Å². The molecule has 1 saturated heterocycles. The highest BCUT2D eigenvalue weighted by molar-refractivity contribution is 7.21. The van der Waals surface area contributed by atoms with Gasteiger partial charge in [0.2, 0.25) is 0 Å². The maximum Gasteiger partial charge on any atom is 0.265 e. The van der Waals surface area contributed by atoms with E-state index in [0.717, 1.165) is 29.5 Å². The normalized spacial score (nSPS) is 29.2. The van der Waals surface area contributed by atoms with Crippen LogP contribution >= 0.6 is 22.9 Å². The van der Waals surface area contributed by atoms with Crippen molar-refractivity contribution in [1.82, 2.24) is 4.90 Å². The van der Waals surface area contributed by atoms with E-state index in [1.54, 1.807) is 0 Å². The third-order valence-corrected chi connectivity index (χ3v) is 7.07. The third kappa shape index (κ3) is 2.49. The number of carbonyl (C=O) groups excluding carboxylic acids is 1. The van der Waals surface area contributed by atoms with Gasteiger partial charge in [0.15, 0.2) is 0 Å². The fourth-order valence-corrected chi connectivity index (χ4v) is 6.45. The quantitative estimate of drug-likeness (QED) is 0.658. The van der Waals surface area contributed by atoms with Crippen LogP contribution in [0.4, 0.5) is 0 Å². The minimum Gasteiger partial charge on any atom is -0.334 e. The molecule has 1 aliphatic heterocycles. The van der Waals surface area contributed by atoms with Crippen molar-refractivity contribution in [3.8, 4) is 0 Å². The zero-order chi connectivity index (χ0) is 16.4. The predicted molar refractivity (Wildman–Crippen MR) is 97.4 cm³/mol. The first-order valence-corrected chi connectivity index (χ1v) is 9.46. The van der Waals surface area contributed by atoms with Crippen molar-refractivity contribution in [2.45, 2.75) is 46.1 Å². The Morgan fingerprint density at radius 3 is 2.74 bits per heavy atom. The van der Waals surface area contributed by atoms with Crippen molar-refractivity contribution in [2.24, 2.45) is 10.8 Å². The molecule has 2 bridgehead atoms. The maximum atomic E-state index is 13.2. The van der Waals surface area contributed by atoms with E-state index in [2.05, 4.69) is 25.7 Å². The summed E-state index contributed by atoms with van der Waals surface area (Å²) in [6, 6.07) is 8.36. The lowest BCUT2D eigenvalue weighted by Crippen LogP contribution is -2.37. The van der Waals surface area contributed by atoms with E-state index >= 15 is 0 Å². The molecule has 0 unspecified atom stereocenters. The summed E-state index contributed by atoms with van der Waals surface area (Å²) in [5.74, 6) is 0.127. The molecule has 1 aromatic carbocycles. The van der Waals surface area contributed by atoms with Crippen LogP contribution in [0.25, 0.3) is 10.1 Å². The second-order valence-electron chi connectivity index (χ2n) is 8.39. The average molecular weight is 348 g/mol. The Bertz CT molecular complexity index is 796. The summed E-state index contributed by atoms with van der Waals surface area (Å²) in [6.45, 7) is 7.86. The molecule has 4 rings (SSSR count). The molecule has 0 spiro atoms. The lowest BCUT2D eigenvalue weighted by Gasteiger charge is -2.39. The number of fused-ring (bicyclic) bond motifs is 3. The summed E-state index contributed by atoms with van der Waals surface area (Å²) >= 11 is 8.06. The summed E-state index contributed by atoms with van der Waals surface area (Å²) in [4.78, 5) is 16.0. The SMILES string of the molecule is CC1(C)C[C@H]2C[C@](C)(CN2C(=O)c2sc3ccccc3c2Cl)C1. The van der Waals surface area contributed by atoms with Crippen LogP contribution in [0.2, 0.25) is 5.02 Å². The van der Waals surface area contributed by atoms with Crippen LogP contribution in [0.1, 0.15) is 49.7 Å². The highest BCUT2D eigenvalue weighted by atomic mass is 35.5. The molecule has 2 nitrogen and oxygen atoms in total. The van der Waals surface area contributed by atoms with Crippen molar-refractivity contribution in [1.29, 1.82) is 0 Å². The van der Waals surface area contributed by atoms with Crippen molar-refractivity contribution >= 4 is 38.9 Å².